The number of nitrogens with zero attached hydrogens (tertiary/aromatic N) is 2. The largest absolute Gasteiger partial charge is 0.463 e. The van der Waals surface area contributed by atoms with Gasteiger partial charge in [0.05, 0.1) is 28.5 Å². The fourth-order valence-electron chi connectivity index (χ4n) is 6.24. The molecule has 42 heavy (non-hydrogen) atoms. The number of benzene rings is 5. The third kappa shape index (κ3) is 4.02. The standard InChI is InChI=1S/C36H28N2O3S/c1-4-41-35(40)32-22(3)37-36-38(33(32)29-19-11-13-23-12-5-6-16-26(23)29)34(39)31(42-36)20-30-27-17-9-7-14-24(27)21(2)25-15-8-10-18-28(25)30/h5-20,33H,4H2,1-3H3/b31-20-/t33-/m0/s1. The molecule has 0 saturated carbocycles. The van der Waals surface area contributed by atoms with Gasteiger partial charge in [0.1, 0.15) is 0 Å². The van der Waals surface area contributed by atoms with Crippen LogP contribution >= 0.6 is 11.3 Å². The highest BCUT2D eigenvalue weighted by molar-refractivity contribution is 7.07. The number of hydrogen-bond acceptors (Lipinski definition) is 5. The molecule has 0 unspecified atom stereocenters. The predicted molar refractivity (Wildman–Crippen MR) is 171 cm³/mol. The summed E-state index contributed by atoms with van der Waals surface area (Å²) in [4.78, 5) is 33.2. The lowest BCUT2D eigenvalue weighted by atomic mass is 9.91. The lowest BCUT2D eigenvalue weighted by Gasteiger charge is -2.25. The van der Waals surface area contributed by atoms with Crippen LogP contribution in [0, 0.1) is 6.92 Å². The van der Waals surface area contributed by atoms with Gasteiger partial charge < -0.3 is 4.74 Å². The fourth-order valence-corrected chi connectivity index (χ4v) is 7.27. The number of aryl methyl sites for hydroxylation is 1. The number of thiazole rings is 1. The van der Waals surface area contributed by atoms with Gasteiger partial charge in [-0.05, 0) is 75.9 Å². The first kappa shape index (κ1) is 26.1. The van der Waals surface area contributed by atoms with Gasteiger partial charge in [-0.15, -0.1) is 0 Å². The van der Waals surface area contributed by atoms with Crippen LogP contribution in [0.2, 0.25) is 0 Å². The van der Waals surface area contributed by atoms with Crippen LogP contribution in [0.3, 0.4) is 0 Å². The maximum absolute atomic E-state index is 14.4. The molecule has 6 heteroatoms. The Morgan fingerprint density at radius 2 is 1.45 bits per heavy atom. The van der Waals surface area contributed by atoms with E-state index in [2.05, 4.69) is 31.2 Å². The van der Waals surface area contributed by atoms with Crippen LogP contribution in [-0.2, 0) is 9.53 Å². The molecule has 1 atom stereocenters. The number of rotatable bonds is 4. The van der Waals surface area contributed by atoms with Gasteiger partial charge in [0, 0.05) is 0 Å². The summed E-state index contributed by atoms with van der Waals surface area (Å²) in [5.41, 5.74) is 3.85. The molecule has 1 aliphatic heterocycles. The number of ether oxygens (including phenoxy) is 1. The van der Waals surface area contributed by atoms with Crippen molar-refractivity contribution in [3.05, 3.63) is 139 Å². The minimum atomic E-state index is -0.667. The van der Waals surface area contributed by atoms with Crippen molar-refractivity contribution in [3.63, 3.8) is 0 Å². The highest BCUT2D eigenvalue weighted by atomic mass is 32.1. The normalized spacial score (nSPS) is 15.3. The Balaban J connectivity index is 1.55. The van der Waals surface area contributed by atoms with E-state index in [4.69, 9.17) is 9.73 Å². The van der Waals surface area contributed by atoms with E-state index in [-0.39, 0.29) is 12.2 Å². The van der Waals surface area contributed by atoms with Crippen LogP contribution in [0.1, 0.15) is 36.6 Å². The van der Waals surface area contributed by atoms with Crippen molar-refractivity contribution >= 4 is 55.7 Å². The van der Waals surface area contributed by atoms with Crippen LogP contribution in [-0.4, -0.2) is 17.1 Å². The quantitative estimate of drug-likeness (QED) is 0.179. The van der Waals surface area contributed by atoms with Crippen molar-refractivity contribution in [2.75, 3.05) is 6.61 Å². The van der Waals surface area contributed by atoms with E-state index in [1.165, 1.54) is 16.9 Å². The van der Waals surface area contributed by atoms with E-state index in [1.54, 1.807) is 11.5 Å². The van der Waals surface area contributed by atoms with Crippen molar-refractivity contribution in [3.8, 4) is 0 Å². The fraction of sp³-hybridized carbons (Fsp3) is 0.139. The zero-order valence-electron chi connectivity index (χ0n) is 23.5. The number of fused-ring (bicyclic) bond motifs is 4. The molecule has 1 aliphatic rings. The average molecular weight is 569 g/mol. The van der Waals surface area contributed by atoms with Gasteiger partial charge in [0.15, 0.2) is 4.80 Å². The topological polar surface area (TPSA) is 60.7 Å². The van der Waals surface area contributed by atoms with E-state index in [1.807, 2.05) is 79.7 Å². The van der Waals surface area contributed by atoms with E-state index in [0.717, 1.165) is 43.4 Å². The molecule has 0 N–H and O–H groups in total. The molecule has 0 amide bonds. The molecule has 0 fully saturated rings. The maximum Gasteiger partial charge on any atom is 0.338 e. The molecule has 1 aromatic heterocycles. The Morgan fingerprint density at radius 1 is 0.857 bits per heavy atom. The van der Waals surface area contributed by atoms with Crippen LogP contribution in [0.25, 0.3) is 38.4 Å². The molecular formula is C36H28N2O3S. The summed E-state index contributed by atoms with van der Waals surface area (Å²) in [7, 11) is 0. The van der Waals surface area contributed by atoms with Crippen molar-refractivity contribution in [1.29, 1.82) is 0 Å². The molecular weight excluding hydrogens is 540 g/mol. The first-order valence-corrected chi connectivity index (χ1v) is 14.9. The first-order chi connectivity index (χ1) is 20.5. The van der Waals surface area contributed by atoms with Gasteiger partial charge in [-0.1, -0.05) is 102 Å². The minimum Gasteiger partial charge on any atom is -0.463 e. The predicted octanol–water partition coefficient (Wildman–Crippen LogP) is 6.57. The molecule has 5 nitrogen and oxygen atoms in total. The van der Waals surface area contributed by atoms with Gasteiger partial charge in [0.25, 0.3) is 5.56 Å². The van der Waals surface area contributed by atoms with Crippen LogP contribution in [0.15, 0.2) is 112 Å². The third-order valence-electron chi connectivity index (χ3n) is 8.15. The van der Waals surface area contributed by atoms with Gasteiger partial charge >= 0.3 is 5.97 Å². The molecule has 0 spiro atoms. The molecule has 206 valence electrons. The second-order valence-corrected chi connectivity index (χ2v) is 11.5. The van der Waals surface area contributed by atoms with E-state index < -0.39 is 12.0 Å². The SMILES string of the molecule is CCOC(=O)C1=C(C)N=c2s/c(=C\c3c4ccccc4c(C)c4ccccc34)c(=O)n2[C@H]1c1cccc2ccccc12. The van der Waals surface area contributed by atoms with Crippen molar-refractivity contribution in [1.82, 2.24) is 4.57 Å². The zero-order valence-corrected chi connectivity index (χ0v) is 24.4. The molecule has 5 aromatic carbocycles. The van der Waals surface area contributed by atoms with E-state index >= 15 is 0 Å². The van der Waals surface area contributed by atoms with Crippen molar-refractivity contribution < 1.29 is 9.53 Å². The number of carbonyl (C=O) groups is 1. The highest BCUT2D eigenvalue weighted by Crippen LogP contribution is 2.35. The second kappa shape index (κ2) is 10.2. The van der Waals surface area contributed by atoms with Crippen molar-refractivity contribution in [2.24, 2.45) is 4.99 Å². The lowest BCUT2D eigenvalue weighted by Crippen LogP contribution is -2.40. The Kier molecular flexibility index (Phi) is 6.36. The molecule has 0 radical (unpaired) electrons. The second-order valence-electron chi connectivity index (χ2n) is 10.5. The molecule has 0 saturated heterocycles. The van der Waals surface area contributed by atoms with Crippen molar-refractivity contribution in [2.45, 2.75) is 26.8 Å². The molecule has 6 aromatic rings. The number of allylic oxidation sites excluding steroid dienone is 1. The monoisotopic (exact) mass is 568 g/mol. The lowest BCUT2D eigenvalue weighted by molar-refractivity contribution is -0.139. The summed E-state index contributed by atoms with van der Waals surface area (Å²) in [6.45, 7) is 5.98. The summed E-state index contributed by atoms with van der Waals surface area (Å²) in [5, 5.41) is 6.51. The number of hydrogen-bond donors (Lipinski definition) is 0. The molecule has 0 aliphatic carbocycles. The van der Waals surface area contributed by atoms with Gasteiger partial charge in [0.2, 0.25) is 0 Å². The van der Waals surface area contributed by atoms with E-state index in [9.17, 15) is 9.59 Å². The van der Waals surface area contributed by atoms with Gasteiger partial charge in [-0.3, -0.25) is 9.36 Å². The van der Waals surface area contributed by atoms with Gasteiger partial charge in [-0.2, -0.15) is 0 Å². The Bertz CT molecular complexity index is 2230. The summed E-state index contributed by atoms with van der Waals surface area (Å²) in [6, 6.07) is 30.0. The van der Waals surface area contributed by atoms with E-state index in [0.29, 0.717) is 20.6 Å². The summed E-state index contributed by atoms with van der Waals surface area (Å²) >= 11 is 1.35. The molecule has 0 bridgehead atoms. The molecule has 7 rings (SSSR count). The Labute approximate surface area is 246 Å². The molecule has 2 heterocycles. The Morgan fingerprint density at radius 3 is 2.12 bits per heavy atom. The smallest absolute Gasteiger partial charge is 0.338 e. The minimum absolute atomic E-state index is 0.181. The Hall–Kier alpha value is -4.81. The highest BCUT2D eigenvalue weighted by Gasteiger charge is 2.34. The average Bonchev–Trinajstić information content (AvgIpc) is 3.32. The summed E-state index contributed by atoms with van der Waals surface area (Å²) in [6.07, 6.45) is 2.00. The number of carbonyl (C=O) groups excluding carboxylic acids is 1. The third-order valence-corrected chi connectivity index (χ3v) is 9.14. The summed E-state index contributed by atoms with van der Waals surface area (Å²) in [5.74, 6) is -0.457. The maximum atomic E-state index is 14.4. The number of esters is 1. The van der Waals surface area contributed by atoms with Gasteiger partial charge in [-0.25, -0.2) is 9.79 Å². The van der Waals surface area contributed by atoms with Crippen LogP contribution in [0.5, 0.6) is 0 Å². The van der Waals surface area contributed by atoms with Crippen LogP contribution in [0.4, 0.5) is 0 Å². The summed E-state index contributed by atoms with van der Waals surface area (Å²) < 4.78 is 7.75. The van der Waals surface area contributed by atoms with Crippen LogP contribution < -0.4 is 14.9 Å². The number of aromatic nitrogens is 1. The zero-order chi connectivity index (χ0) is 29.0. The first-order valence-electron chi connectivity index (χ1n) is 14.0.